The van der Waals surface area contributed by atoms with Crippen molar-refractivity contribution in [1.82, 2.24) is 14.8 Å². The van der Waals surface area contributed by atoms with Gasteiger partial charge < -0.3 is 14.8 Å². The molecule has 1 aromatic heterocycles. The van der Waals surface area contributed by atoms with Gasteiger partial charge in [-0.1, -0.05) is 6.07 Å². The van der Waals surface area contributed by atoms with Crippen LogP contribution in [0.15, 0.2) is 34.2 Å². The van der Waals surface area contributed by atoms with Gasteiger partial charge in [-0.2, -0.15) is 0 Å². The number of nitrogens with zero attached hydrogens (tertiary/aromatic N) is 3. The number of hydrogen-bond acceptors (Lipinski definition) is 4. The Morgan fingerprint density at radius 1 is 1.30 bits per heavy atom. The van der Waals surface area contributed by atoms with Crippen LogP contribution in [-0.2, 0) is 16.4 Å². The second-order valence-corrected chi connectivity index (χ2v) is 9.92. The number of aryl methyl sites for hydroxylation is 1. The molecular weight excluding hydrogens is 479 g/mol. The Labute approximate surface area is 179 Å². The van der Waals surface area contributed by atoms with Gasteiger partial charge >= 0.3 is 0 Å². The molecule has 0 bridgehead atoms. The van der Waals surface area contributed by atoms with E-state index in [1.54, 1.807) is 36.7 Å². The number of halogens is 1. The summed E-state index contributed by atoms with van der Waals surface area (Å²) >= 11 is 0. The van der Waals surface area contributed by atoms with Crippen molar-refractivity contribution in [2.75, 3.05) is 31.9 Å². The minimum absolute atomic E-state index is 0. The lowest BCUT2D eigenvalue weighted by molar-refractivity contribution is 0.353. The van der Waals surface area contributed by atoms with Gasteiger partial charge in [0.05, 0.1) is 10.5 Å². The molecule has 0 aliphatic carbocycles. The second kappa shape index (κ2) is 10.4. The van der Waals surface area contributed by atoms with E-state index in [0.29, 0.717) is 26.2 Å². The van der Waals surface area contributed by atoms with Crippen molar-refractivity contribution >= 4 is 39.8 Å². The lowest BCUT2D eigenvalue weighted by atomic mass is 10.2. The Hall–Kier alpha value is -1.10. The lowest BCUT2D eigenvalue weighted by Gasteiger charge is -2.39. The van der Waals surface area contributed by atoms with Crippen LogP contribution in [-0.4, -0.2) is 60.5 Å². The standard InChI is InChI=1S/C18H30N4O3S.HI/c1-4-19-17(22-13-14-26(24,25)18(2,3)15-22)20-10-6-8-12-21-11-7-5-9-16(21)23;/h5,7,9,11H,4,6,8,10,12-15H2,1-3H3,(H,19,20);1H. The Balaban J connectivity index is 0.00000364. The molecule has 2 rings (SSSR count). The van der Waals surface area contributed by atoms with Crippen LogP contribution >= 0.6 is 24.0 Å². The van der Waals surface area contributed by atoms with E-state index in [-0.39, 0.29) is 35.3 Å². The molecule has 1 aromatic rings. The molecular formula is C18H31IN4O3S. The average molecular weight is 510 g/mol. The third-order valence-electron chi connectivity index (χ3n) is 4.65. The van der Waals surface area contributed by atoms with Crippen molar-refractivity contribution in [3.63, 3.8) is 0 Å². The Kier molecular flexibility index (Phi) is 9.26. The maximum atomic E-state index is 12.2. The number of guanidine groups is 1. The van der Waals surface area contributed by atoms with Gasteiger partial charge in [-0.05, 0) is 39.7 Å². The molecule has 1 aliphatic heterocycles. The first-order chi connectivity index (χ1) is 12.3. The predicted octanol–water partition coefficient (Wildman–Crippen LogP) is 1.72. The van der Waals surface area contributed by atoms with Crippen LogP contribution < -0.4 is 10.9 Å². The number of sulfone groups is 1. The summed E-state index contributed by atoms with van der Waals surface area (Å²) in [5.74, 6) is 0.925. The van der Waals surface area contributed by atoms with Crippen molar-refractivity contribution in [2.24, 2.45) is 4.99 Å². The Bertz CT molecular complexity index is 790. The van der Waals surface area contributed by atoms with Gasteiger partial charge in [0.1, 0.15) is 0 Å². The molecule has 0 atom stereocenters. The summed E-state index contributed by atoms with van der Waals surface area (Å²) in [6, 6.07) is 5.16. The number of hydrogen-bond donors (Lipinski definition) is 1. The molecule has 27 heavy (non-hydrogen) atoms. The van der Waals surface area contributed by atoms with Crippen LogP contribution in [0, 0.1) is 0 Å². The molecule has 7 nitrogen and oxygen atoms in total. The third kappa shape index (κ3) is 6.48. The highest BCUT2D eigenvalue weighted by molar-refractivity contribution is 14.0. The van der Waals surface area contributed by atoms with Gasteiger partial charge in [-0.15, -0.1) is 24.0 Å². The Morgan fingerprint density at radius 2 is 2.04 bits per heavy atom. The van der Waals surface area contributed by atoms with E-state index >= 15 is 0 Å². The number of rotatable bonds is 6. The van der Waals surface area contributed by atoms with Crippen molar-refractivity contribution in [1.29, 1.82) is 0 Å². The fourth-order valence-corrected chi connectivity index (χ4v) is 4.34. The smallest absolute Gasteiger partial charge is 0.250 e. The van der Waals surface area contributed by atoms with E-state index in [1.807, 2.05) is 17.9 Å². The molecule has 2 heterocycles. The zero-order chi connectivity index (χ0) is 19.2. The van der Waals surface area contributed by atoms with Gasteiger partial charge in [-0.3, -0.25) is 9.79 Å². The van der Waals surface area contributed by atoms with E-state index in [1.165, 1.54) is 0 Å². The average Bonchev–Trinajstić information content (AvgIpc) is 2.58. The zero-order valence-electron chi connectivity index (χ0n) is 16.3. The largest absolute Gasteiger partial charge is 0.357 e. The van der Waals surface area contributed by atoms with Crippen molar-refractivity contribution in [3.05, 3.63) is 34.7 Å². The van der Waals surface area contributed by atoms with Crippen LogP contribution in [0.5, 0.6) is 0 Å². The van der Waals surface area contributed by atoms with Crippen molar-refractivity contribution < 1.29 is 8.42 Å². The van der Waals surface area contributed by atoms with Crippen LogP contribution in [0.25, 0.3) is 0 Å². The Morgan fingerprint density at radius 3 is 2.67 bits per heavy atom. The molecule has 154 valence electrons. The summed E-state index contributed by atoms with van der Waals surface area (Å²) in [4.78, 5) is 18.4. The molecule has 0 unspecified atom stereocenters. The summed E-state index contributed by atoms with van der Waals surface area (Å²) in [7, 11) is -3.06. The molecule has 1 saturated heterocycles. The molecule has 0 amide bonds. The highest BCUT2D eigenvalue weighted by Crippen LogP contribution is 2.23. The molecule has 1 aliphatic rings. The topological polar surface area (TPSA) is 83.8 Å². The quantitative estimate of drug-likeness (QED) is 0.273. The fraction of sp³-hybridized carbons (Fsp3) is 0.667. The number of aromatic nitrogens is 1. The van der Waals surface area contributed by atoms with Crippen LogP contribution in [0.3, 0.4) is 0 Å². The molecule has 0 saturated carbocycles. The maximum absolute atomic E-state index is 12.2. The lowest BCUT2D eigenvalue weighted by Crippen LogP contribution is -2.57. The van der Waals surface area contributed by atoms with E-state index in [4.69, 9.17) is 0 Å². The summed E-state index contributed by atoms with van der Waals surface area (Å²) in [5, 5.41) is 3.26. The monoisotopic (exact) mass is 510 g/mol. The fourth-order valence-electron chi connectivity index (χ4n) is 2.97. The molecule has 0 aromatic carbocycles. The molecule has 0 spiro atoms. The SMILES string of the molecule is CCNC(=NCCCCn1ccccc1=O)N1CCS(=O)(=O)C(C)(C)C1.I. The summed E-state index contributed by atoms with van der Waals surface area (Å²) in [6.07, 6.45) is 3.53. The number of nitrogens with one attached hydrogen (secondary N) is 1. The van der Waals surface area contributed by atoms with Crippen molar-refractivity contribution in [2.45, 2.75) is 44.9 Å². The number of aliphatic imine (C=N–C) groups is 1. The highest BCUT2D eigenvalue weighted by Gasteiger charge is 2.40. The normalized spacial score (nSPS) is 18.6. The van der Waals surface area contributed by atoms with Gasteiger partial charge in [0.15, 0.2) is 15.8 Å². The van der Waals surface area contributed by atoms with Crippen LogP contribution in [0.1, 0.15) is 33.6 Å². The number of pyridine rings is 1. The highest BCUT2D eigenvalue weighted by atomic mass is 127. The minimum atomic E-state index is -3.06. The maximum Gasteiger partial charge on any atom is 0.250 e. The molecule has 1 fully saturated rings. The first-order valence-corrected chi connectivity index (χ1v) is 10.8. The van der Waals surface area contributed by atoms with E-state index in [2.05, 4.69) is 10.3 Å². The zero-order valence-corrected chi connectivity index (χ0v) is 19.5. The van der Waals surface area contributed by atoms with E-state index in [9.17, 15) is 13.2 Å². The van der Waals surface area contributed by atoms with E-state index in [0.717, 1.165) is 25.3 Å². The molecule has 9 heteroatoms. The molecule has 1 N–H and O–H groups in total. The van der Waals surface area contributed by atoms with Gasteiger partial charge in [0.25, 0.3) is 0 Å². The van der Waals surface area contributed by atoms with E-state index < -0.39 is 14.6 Å². The second-order valence-electron chi connectivity index (χ2n) is 7.18. The summed E-state index contributed by atoms with van der Waals surface area (Å²) in [5.41, 5.74) is 0.0149. The van der Waals surface area contributed by atoms with Gasteiger partial charge in [0.2, 0.25) is 5.56 Å². The minimum Gasteiger partial charge on any atom is -0.357 e. The molecule has 0 radical (unpaired) electrons. The van der Waals surface area contributed by atoms with Crippen LogP contribution in [0.2, 0.25) is 0 Å². The first-order valence-electron chi connectivity index (χ1n) is 9.18. The summed E-state index contributed by atoms with van der Waals surface area (Å²) in [6.45, 7) is 8.53. The number of unbranched alkanes of at least 4 members (excludes halogenated alkanes) is 1. The van der Waals surface area contributed by atoms with Crippen LogP contribution in [0.4, 0.5) is 0 Å². The van der Waals surface area contributed by atoms with Crippen molar-refractivity contribution in [3.8, 4) is 0 Å². The van der Waals surface area contributed by atoms with Gasteiger partial charge in [-0.25, -0.2) is 8.42 Å². The summed E-state index contributed by atoms with van der Waals surface area (Å²) < 4.78 is 25.3. The van der Waals surface area contributed by atoms with Gasteiger partial charge in [0, 0.05) is 45.0 Å². The predicted molar refractivity (Wildman–Crippen MR) is 121 cm³/mol. The first kappa shape index (κ1) is 23.9. The third-order valence-corrected chi connectivity index (χ3v) is 7.18.